The van der Waals surface area contributed by atoms with E-state index in [1.54, 1.807) is 36.4 Å². The third-order valence-electron chi connectivity index (χ3n) is 6.62. The average Bonchev–Trinajstić information content (AvgIpc) is 3.30. The van der Waals surface area contributed by atoms with Gasteiger partial charge in [-0.3, -0.25) is 9.36 Å². The van der Waals surface area contributed by atoms with Gasteiger partial charge < -0.3 is 14.6 Å². The molecule has 8 heteroatoms. The van der Waals surface area contributed by atoms with Crippen molar-refractivity contribution in [2.45, 2.75) is 58.1 Å². The molecule has 2 heterocycles. The van der Waals surface area contributed by atoms with Gasteiger partial charge in [-0.15, -0.1) is 0 Å². The molecule has 0 saturated carbocycles. The van der Waals surface area contributed by atoms with E-state index in [4.69, 9.17) is 14.6 Å². The first kappa shape index (κ1) is 25.4. The van der Waals surface area contributed by atoms with Crippen LogP contribution in [0, 0.1) is 0 Å². The van der Waals surface area contributed by atoms with Crippen molar-refractivity contribution in [3.63, 3.8) is 0 Å². The van der Waals surface area contributed by atoms with Gasteiger partial charge in [0.1, 0.15) is 11.6 Å². The van der Waals surface area contributed by atoms with Crippen molar-refractivity contribution in [3.8, 4) is 11.5 Å². The molecule has 4 rings (SSSR count). The van der Waals surface area contributed by atoms with Gasteiger partial charge in [0.25, 0.3) is 5.56 Å². The van der Waals surface area contributed by atoms with E-state index in [1.165, 1.54) is 5.56 Å². The lowest BCUT2D eigenvalue weighted by Crippen LogP contribution is -2.28. The molecule has 2 aromatic carbocycles. The first-order valence-electron chi connectivity index (χ1n) is 12.4. The number of methoxy groups -OCH3 is 2. The quantitative estimate of drug-likeness (QED) is 0.342. The van der Waals surface area contributed by atoms with E-state index in [9.17, 15) is 9.90 Å². The molecule has 2 atom stereocenters. The highest BCUT2D eigenvalue weighted by atomic mass is 16.5. The zero-order valence-corrected chi connectivity index (χ0v) is 21.3. The predicted octanol–water partition coefficient (Wildman–Crippen LogP) is 4.01. The second-order valence-corrected chi connectivity index (χ2v) is 8.97. The van der Waals surface area contributed by atoms with Crippen LogP contribution in [0.25, 0.3) is 5.52 Å². The molecule has 4 aromatic rings. The number of ether oxygens (including phenoxy) is 2. The van der Waals surface area contributed by atoms with Gasteiger partial charge in [0.2, 0.25) is 0 Å². The molecule has 0 fully saturated rings. The lowest BCUT2D eigenvalue weighted by molar-refractivity contribution is 0.151. The van der Waals surface area contributed by atoms with Crippen molar-refractivity contribution < 1.29 is 14.6 Å². The third-order valence-corrected chi connectivity index (χ3v) is 6.62. The van der Waals surface area contributed by atoms with Gasteiger partial charge in [-0.2, -0.15) is 5.10 Å². The lowest BCUT2D eigenvalue weighted by atomic mass is 9.94. The Balaban J connectivity index is 1.68. The first-order chi connectivity index (χ1) is 17.5. The van der Waals surface area contributed by atoms with Crippen molar-refractivity contribution >= 4 is 5.52 Å². The largest absolute Gasteiger partial charge is 0.493 e. The van der Waals surface area contributed by atoms with Crippen LogP contribution >= 0.6 is 0 Å². The molecule has 0 aliphatic carbocycles. The van der Waals surface area contributed by atoms with Gasteiger partial charge >= 0.3 is 0 Å². The van der Waals surface area contributed by atoms with E-state index in [0.717, 1.165) is 24.8 Å². The van der Waals surface area contributed by atoms with Crippen LogP contribution in [0.15, 0.2) is 59.5 Å². The van der Waals surface area contributed by atoms with E-state index in [1.807, 2.05) is 43.3 Å². The summed E-state index contributed by atoms with van der Waals surface area (Å²) in [5.74, 6) is 2.26. The smallest absolute Gasteiger partial charge is 0.279 e. The van der Waals surface area contributed by atoms with Crippen LogP contribution < -0.4 is 15.0 Å². The molecule has 0 saturated heterocycles. The molecule has 0 amide bonds. The minimum atomic E-state index is -0.629. The number of aromatic nitrogens is 4. The van der Waals surface area contributed by atoms with Gasteiger partial charge in [0, 0.05) is 18.9 Å². The van der Waals surface area contributed by atoms with Crippen molar-refractivity contribution in [2.24, 2.45) is 0 Å². The summed E-state index contributed by atoms with van der Waals surface area (Å²) in [6.45, 7) is 4.19. The normalized spacial score (nSPS) is 13.0. The Labute approximate surface area is 211 Å². The number of fused-ring (bicyclic) bond motifs is 1. The topological polar surface area (TPSA) is 90.9 Å². The number of hydrogen-bond acceptors (Lipinski definition) is 6. The second-order valence-electron chi connectivity index (χ2n) is 8.97. The molecule has 0 aliphatic rings. The SMILES string of the molecule is CCn1c(Cc2ccc(OC)c(OC)c2)nn2c(C(CCCc3ccccc3)[C@H](C)O)ncc2c1=O. The molecular weight excluding hydrogens is 456 g/mol. The van der Waals surface area contributed by atoms with Crippen LogP contribution in [0.4, 0.5) is 0 Å². The fraction of sp³-hybridized carbons (Fsp3) is 0.393. The van der Waals surface area contributed by atoms with Gasteiger partial charge in [-0.25, -0.2) is 9.50 Å². The maximum atomic E-state index is 13.4. The number of imidazole rings is 1. The predicted molar refractivity (Wildman–Crippen MR) is 139 cm³/mol. The number of hydrogen-bond donors (Lipinski definition) is 1. The second kappa shape index (κ2) is 11.4. The monoisotopic (exact) mass is 490 g/mol. The van der Waals surface area contributed by atoms with Crippen LogP contribution in [0.1, 0.15) is 55.4 Å². The zero-order chi connectivity index (χ0) is 25.7. The molecule has 1 unspecified atom stereocenters. The molecule has 1 N–H and O–H groups in total. The van der Waals surface area contributed by atoms with Crippen LogP contribution in [0.2, 0.25) is 0 Å². The number of nitrogens with zero attached hydrogens (tertiary/aromatic N) is 4. The van der Waals surface area contributed by atoms with Gasteiger partial charge in [0.05, 0.1) is 26.5 Å². The van der Waals surface area contributed by atoms with Crippen molar-refractivity contribution in [1.29, 1.82) is 0 Å². The summed E-state index contributed by atoms with van der Waals surface area (Å²) in [5.41, 5.74) is 2.47. The molecule has 0 spiro atoms. The molecule has 190 valence electrons. The fourth-order valence-electron chi connectivity index (χ4n) is 4.68. The van der Waals surface area contributed by atoms with Crippen LogP contribution in [0.3, 0.4) is 0 Å². The summed E-state index contributed by atoms with van der Waals surface area (Å²) in [7, 11) is 3.19. The molecule has 36 heavy (non-hydrogen) atoms. The number of aliphatic hydroxyl groups excluding tert-OH is 1. The van der Waals surface area contributed by atoms with Gasteiger partial charge in [-0.1, -0.05) is 36.4 Å². The number of rotatable bonds is 11. The highest BCUT2D eigenvalue weighted by Crippen LogP contribution is 2.29. The van der Waals surface area contributed by atoms with Gasteiger partial charge in [-0.05, 0) is 56.4 Å². The van der Waals surface area contributed by atoms with E-state index < -0.39 is 6.10 Å². The van der Waals surface area contributed by atoms with Crippen molar-refractivity contribution in [1.82, 2.24) is 19.2 Å². The Morgan fingerprint density at radius 1 is 1.03 bits per heavy atom. The number of aryl methyl sites for hydroxylation is 1. The maximum Gasteiger partial charge on any atom is 0.279 e. The van der Waals surface area contributed by atoms with Crippen LogP contribution in [-0.2, 0) is 19.4 Å². The van der Waals surface area contributed by atoms with Crippen molar-refractivity contribution in [2.75, 3.05) is 14.2 Å². The van der Waals surface area contributed by atoms with E-state index >= 15 is 0 Å². The minimum absolute atomic E-state index is 0.143. The molecule has 0 radical (unpaired) electrons. The van der Waals surface area contributed by atoms with E-state index in [0.29, 0.717) is 41.6 Å². The summed E-state index contributed by atoms with van der Waals surface area (Å²) >= 11 is 0. The van der Waals surface area contributed by atoms with Crippen LogP contribution in [-0.4, -0.2) is 44.6 Å². The van der Waals surface area contributed by atoms with Gasteiger partial charge in [0.15, 0.2) is 17.0 Å². The molecule has 0 aliphatic heterocycles. The number of benzene rings is 2. The molecule has 0 bridgehead atoms. The summed E-state index contributed by atoms with van der Waals surface area (Å²) < 4.78 is 14.1. The first-order valence-corrected chi connectivity index (χ1v) is 12.4. The Morgan fingerprint density at radius 3 is 2.44 bits per heavy atom. The average molecular weight is 491 g/mol. The summed E-state index contributed by atoms with van der Waals surface area (Å²) in [5, 5.41) is 15.5. The van der Waals surface area contributed by atoms with Crippen molar-refractivity contribution in [3.05, 3.63) is 87.9 Å². The number of aliphatic hydroxyl groups is 1. The maximum absolute atomic E-state index is 13.4. The van der Waals surface area contributed by atoms with E-state index in [2.05, 4.69) is 17.1 Å². The molecule has 8 nitrogen and oxygen atoms in total. The Hall–Kier alpha value is -3.65. The van der Waals surface area contributed by atoms with Crippen LogP contribution in [0.5, 0.6) is 11.5 Å². The highest BCUT2D eigenvalue weighted by molar-refractivity contribution is 5.45. The summed E-state index contributed by atoms with van der Waals surface area (Å²) in [6.07, 6.45) is 3.91. The minimum Gasteiger partial charge on any atom is -0.493 e. The van der Waals surface area contributed by atoms with E-state index in [-0.39, 0.29) is 11.5 Å². The molecule has 2 aromatic heterocycles. The Kier molecular flexibility index (Phi) is 8.05. The lowest BCUT2D eigenvalue weighted by Gasteiger charge is -2.19. The zero-order valence-electron chi connectivity index (χ0n) is 21.3. The summed E-state index contributed by atoms with van der Waals surface area (Å²) in [6, 6.07) is 16.0. The standard InChI is InChI=1S/C28H34N4O4/c1-5-31-26(17-21-14-15-24(35-3)25(16-21)36-4)30-32-23(28(31)34)18-29-27(32)22(19(2)33)13-9-12-20-10-7-6-8-11-20/h6-8,10-11,14-16,18-19,22,33H,5,9,12-13,17H2,1-4H3/t19-,22?/m0/s1. The Morgan fingerprint density at radius 2 is 1.78 bits per heavy atom. The summed E-state index contributed by atoms with van der Waals surface area (Å²) in [4.78, 5) is 17.9. The third kappa shape index (κ3) is 5.28. The fourth-order valence-corrected chi connectivity index (χ4v) is 4.68. The highest BCUT2D eigenvalue weighted by Gasteiger charge is 2.25. The Bertz CT molecular complexity index is 1360. The molecular formula is C28H34N4O4.